The maximum atomic E-state index is 12.2. The fourth-order valence-corrected chi connectivity index (χ4v) is 3.94. The van der Waals surface area contributed by atoms with Gasteiger partial charge in [-0.1, -0.05) is 84.9 Å². The highest BCUT2D eigenvalue weighted by atomic mass is 16.5. The summed E-state index contributed by atoms with van der Waals surface area (Å²) in [6.45, 7) is 1.61. The quantitative estimate of drug-likeness (QED) is 0.592. The van der Waals surface area contributed by atoms with Crippen LogP contribution < -0.4 is 10.6 Å². The maximum absolute atomic E-state index is 12.2. The molecule has 1 aliphatic carbocycles. The first-order chi connectivity index (χ1) is 14.8. The molecule has 4 heteroatoms. The number of hydrogen-bond donors (Lipinski definition) is 2. The van der Waals surface area contributed by atoms with Crippen LogP contribution in [0.15, 0.2) is 78.9 Å². The Bertz CT molecular complexity index is 995. The number of carbonyl (C=O) groups is 1. The lowest BCUT2D eigenvalue weighted by molar-refractivity contribution is 0.144. The second-order valence-corrected chi connectivity index (χ2v) is 7.38. The fourth-order valence-electron chi connectivity index (χ4n) is 3.94. The Morgan fingerprint density at radius 3 is 2.20 bits per heavy atom. The third-order valence-electron chi connectivity index (χ3n) is 5.38. The van der Waals surface area contributed by atoms with Gasteiger partial charge < -0.3 is 15.4 Å². The SMILES string of the molecule is CNCc1ccc(C=CCNC(=O)OCC2c3ccccc3-c3ccccc32)cc1. The molecule has 2 N–H and O–H groups in total. The molecule has 0 bridgehead atoms. The van der Waals surface area contributed by atoms with Gasteiger partial charge in [-0.05, 0) is 40.4 Å². The summed E-state index contributed by atoms with van der Waals surface area (Å²) in [5, 5.41) is 5.93. The van der Waals surface area contributed by atoms with Crippen molar-refractivity contribution < 1.29 is 9.53 Å². The molecule has 3 aromatic carbocycles. The topological polar surface area (TPSA) is 50.4 Å². The summed E-state index contributed by atoms with van der Waals surface area (Å²) in [4.78, 5) is 12.2. The van der Waals surface area contributed by atoms with E-state index in [1.165, 1.54) is 27.8 Å². The van der Waals surface area contributed by atoms with E-state index < -0.39 is 6.09 Å². The van der Waals surface area contributed by atoms with Crippen LogP contribution in [0.4, 0.5) is 4.79 Å². The molecule has 1 aliphatic rings. The molecule has 0 unspecified atom stereocenters. The molecule has 0 saturated carbocycles. The van der Waals surface area contributed by atoms with E-state index in [4.69, 9.17) is 4.74 Å². The highest BCUT2D eigenvalue weighted by Crippen LogP contribution is 2.44. The number of rotatable bonds is 7. The molecule has 0 aromatic heterocycles. The molecule has 152 valence electrons. The lowest BCUT2D eigenvalue weighted by atomic mass is 9.98. The average Bonchev–Trinajstić information content (AvgIpc) is 3.10. The van der Waals surface area contributed by atoms with Gasteiger partial charge in [-0.2, -0.15) is 0 Å². The van der Waals surface area contributed by atoms with Crippen molar-refractivity contribution in [3.8, 4) is 11.1 Å². The van der Waals surface area contributed by atoms with Gasteiger partial charge in [-0.25, -0.2) is 4.79 Å². The standard InChI is InChI=1S/C26H26N2O2/c1-27-17-20-14-12-19(13-15-20)7-6-16-28-26(29)30-18-25-23-10-4-2-8-21(23)22-9-3-5-11-24(22)25/h2-15,25,27H,16-18H2,1H3,(H,28,29). The van der Waals surface area contributed by atoms with Crippen LogP contribution in [-0.4, -0.2) is 26.3 Å². The molecule has 0 saturated heterocycles. The molecule has 0 fully saturated rings. The van der Waals surface area contributed by atoms with Crippen LogP contribution in [0.25, 0.3) is 17.2 Å². The molecule has 30 heavy (non-hydrogen) atoms. The van der Waals surface area contributed by atoms with E-state index in [2.05, 4.69) is 59.2 Å². The molecular formula is C26H26N2O2. The molecule has 0 spiro atoms. The highest BCUT2D eigenvalue weighted by molar-refractivity contribution is 5.79. The predicted octanol–water partition coefficient (Wildman–Crippen LogP) is 4.96. The smallest absolute Gasteiger partial charge is 0.407 e. The fraction of sp³-hybridized carbons (Fsp3) is 0.192. The predicted molar refractivity (Wildman–Crippen MR) is 121 cm³/mol. The largest absolute Gasteiger partial charge is 0.449 e. The molecule has 0 heterocycles. The zero-order valence-electron chi connectivity index (χ0n) is 17.1. The Kier molecular flexibility index (Phi) is 6.26. The van der Waals surface area contributed by atoms with Crippen molar-refractivity contribution in [2.24, 2.45) is 0 Å². The van der Waals surface area contributed by atoms with Gasteiger partial charge >= 0.3 is 6.09 Å². The normalized spacial score (nSPS) is 12.6. The molecule has 4 nitrogen and oxygen atoms in total. The third kappa shape index (κ3) is 4.44. The van der Waals surface area contributed by atoms with Gasteiger partial charge in [-0.15, -0.1) is 0 Å². The van der Waals surface area contributed by atoms with E-state index >= 15 is 0 Å². The van der Waals surface area contributed by atoms with E-state index in [1.54, 1.807) is 0 Å². The third-order valence-corrected chi connectivity index (χ3v) is 5.38. The van der Waals surface area contributed by atoms with E-state index in [1.807, 2.05) is 43.5 Å². The Balaban J connectivity index is 1.29. The maximum Gasteiger partial charge on any atom is 0.407 e. The van der Waals surface area contributed by atoms with Gasteiger partial charge in [0.15, 0.2) is 0 Å². The van der Waals surface area contributed by atoms with Crippen LogP contribution in [0.5, 0.6) is 0 Å². The first kappa shape index (κ1) is 19.9. The van der Waals surface area contributed by atoms with Crippen molar-refractivity contribution in [2.45, 2.75) is 12.5 Å². The Labute approximate surface area is 177 Å². The van der Waals surface area contributed by atoms with Crippen molar-refractivity contribution in [1.82, 2.24) is 10.6 Å². The number of carbonyl (C=O) groups excluding carboxylic acids is 1. The minimum absolute atomic E-state index is 0.0785. The van der Waals surface area contributed by atoms with Crippen molar-refractivity contribution in [3.05, 3.63) is 101 Å². The van der Waals surface area contributed by atoms with E-state index in [9.17, 15) is 4.79 Å². The number of nitrogens with one attached hydrogen (secondary N) is 2. The lowest BCUT2D eigenvalue weighted by Gasteiger charge is -2.14. The Morgan fingerprint density at radius 2 is 1.57 bits per heavy atom. The number of benzene rings is 3. The summed E-state index contributed by atoms with van der Waals surface area (Å²) in [5.41, 5.74) is 7.23. The molecule has 0 aliphatic heterocycles. The van der Waals surface area contributed by atoms with Gasteiger partial charge in [0.2, 0.25) is 0 Å². The van der Waals surface area contributed by atoms with Gasteiger partial charge in [0.1, 0.15) is 6.61 Å². The van der Waals surface area contributed by atoms with E-state index in [0.717, 1.165) is 12.1 Å². The molecule has 0 atom stereocenters. The zero-order chi connectivity index (χ0) is 20.8. The average molecular weight is 399 g/mol. The number of ether oxygens (including phenoxy) is 1. The number of alkyl carbamates (subject to hydrolysis) is 1. The lowest BCUT2D eigenvalue weighted by Crippen LogP contribution is -2.26. The summed E-state index contributed by atoms with van der Waals surface area (Å²) in [5.74, 6) is 0.0785. The van der Waals surface area contributed by atoms with Crippen molar-refractivity contribution >= 4 is 12.2 Å². The zero-order valence-corrected chi connectivity index (χ0v) is 17.1. The summed E-state index contributed by atoms with van der Waals surface area (Å²) in [6, 6.07) is 25.0. The minimum Gasteiger partial charge on any atom is -0.449 e. The second-order valence-electron chi connectivity index (χ2n) is 7.38. The molecular weight excluding hydrogens is 372 g/mol. The van der Waals surface area contributed by atoms with Crippen LogP contribution >= 0.6 is 0 Å². The number of hydrogen-bond acceptors (Lipinski definition) is 3. The Morgan fingerprint density at radius 1 is 0.933 bits per heavy atom. The number of amides is 1. The van der Waals surface area contributed by atoms with E-state index in [-0.39, 0.29) is 5.92 Å². The summed E-state index contributed by atoms with van der Waals surface area (Å²) < 4.78 is 5.54. The molecule has 4 rings (SSSR count). The van der Waals surface area contributed by atoms with Crippen LogP contribution in [-0.2, 0) is 11.3 Å². The van der Waals surface area contributed by atoms with Gasteiger partial charge in [0.05, 0.1) is 0 Å². The second kappa shape index (κ2) is 9.42. The Hall–Kier alpha value is -3.37. The first-order valence-electron chi connectivity index (χ1n) is 10.2. The van der Waals surface area contributed by atoms with Crippen molar-refractivity contribution in [3.63, 3.8) is 0 Å². The van der Waals surface area contributed by atoms with Gasteiger partial charge in [0, 0.05) is 19.0 Å². The van der Waals surface area contributed by atoms with Crippen LogP contribution in [0.1, 0.15) is 28.2 Å². The highest BCUT2D eigenvalue weighted by Gasteiger charge is 2.28. The first-order valence-corrected chi connectivity index (χ1v) is 10.2. The van der Waals surface area contributed by atoms with Crippen molar-refractivity contribution in [2.75, 3.05) is 20.2 Å². The van der Waals surface area contributed by atoms with Gasteiger partial charge in [-0.3, -0.25) is 0 Å². The van der Waals surface area contributed by atoms with Crippen molar-refractivity contribution in [1.29, 1.82) is 0 Å². The van der Waals surface area contributed by atoms with Crippen LogP contribution in [0, 0.1) is 0 Å². The molecule has 3 aromatic rings. The summed E-state index contributed by atoms with van der Waals surface area (Å²) >= 11 is 0. The van der Waals surface area contributed by atoms with E-state index in [0.29, 0.717) is 13.2 Å². The molecule has 1 amide bonds. The minimum atomic E-state index is -0.397. The van der Waals surface area contributed by atoms with Crippen LogP contribution in [0.2, 0.25) is 0 Å². The number of fused-ring (bicyclic) bond motifs is 3. The summed E-state index contributed by atoms with van der Waals surface area (Å²) in [6.07, 6.45) is 3.52. The monoisotopic (exact) mass is 398 g/mol. The van der Waals surface area contributed by atoms with Crippen LogP contribution in [0.3, 0.4) is 0 Å². The van der Waals surface area contributed by atoms with Gasteiger partial charge in [0.25, 0.3) is 0 Å². The summed E-state index contributed by atoms with van der Waals surface area (Å²) in [7, 11) is 1.93. The molecule has 0 radical (unpaired) electrons.